The summed E-state index contributed by atoms with van der Waals surface area (Å²) in [5.41, 5.74) is 7.38. The van der Waals surface area contributed by atoms with Gasteiger partial charge in [-0.3, -0.25) is 4.90 Å². The molecule has 2 heterocycles. The number of rotatable bonds is 5. The predicted octanol–water partition coefficient (Wildman–Crippen LogP) is 2.33. The van der Waals surface area contributed by atoms with E-state index in [1.807, 2.05) is 24.3 Å². The van der Waals surface area contributed by atoms with Crippen LogP contribution >= 0.6 is 35.5 Å². The van der Waals surface area contributed by atoms with Gasteiger partial charge < -0.3 is 10.6 Å². The molecule has 1 aromatic carbocycles. The van der Waals surface area contributed by atoms with Gasteiger partial charge in [0.15, 0.2) is 4.34 Å². The molecule has 1 aromatic heterocycles. The Morgan fingerprint density at radius 1 is 1.21 bits per heavy atom. The van der Waals surface area contributed by atoms with Crippen LogP contribution in [0.2, 0.25) is 0 Å². The van der Waals surface area contributed by atoms with Crippen molar-refractivity contribution in [3.63, 3.8) is 0 Å². The number of benzene rings is 1. The van der Waals surface area contributed by atoms with E-state index in [4.69, 9.17) is 5.73 Å². The Balaban J connectivity index is 0.00000208. The standard InChI is InChI=1S/C15H18N6S2.ClH/c16-11-12-3-1-2-4-13(12)21-7-5-20(6-8-21)9-10-22-15-19-18-14(17)23-15;/h1-4H,5-10H2,(H2,17,18);1H. The summed E-state index contributed by atoms with van der Waals surface area (Å²) in [5, 5.41) is 17.6. The maximum Gasteiger partial charge on any atom is 0.203 e. The minimum absolute atomic E-state index is 0. The Bertz CT molecular complexity index is 693. The van der Waals surface area contributed by atoms with E-state index in [9.17, 15) is 5.26 Å². The van der Waals surface area contributed by atoms with Crippen molar-refractivity contribution in [2.24, 2.45) is 0 Å². The molecule has 0 unspecified atom stereocenters. The summed E-state index contributed by atoms with van der Waals surface area (Å²) < 4.78 is 0.934. The molecule has 0 bridgehead atoms. The minimum Gasteiger partial charge on any atom is -0.374 e. The zero-order valence-corrected chi connectivity index (χ0v) is 15.5. The van der Waals surface area contributed by atoms with Crippen LogP contribution in [-0.4, -0.2) is 53.6 Å². The monoisotopic (exact) mass is 382 g/mol. The molecule has 0 radical (unpaired) electrons. The second-order valence-electron chi connectivity index (χ2n) is 5.21. The fourth-order valence-corrected chi connectivity index (χ4v) is 4.30. The van der Waals surface area contributed by atoms with Crippen molar-refractivity contribution < 1.29 is 0 Å². The zero-order chi connectivity index (χ0) is 16.1. The maximum atomic E-state index is 9.22. The number of aromatic nitrogens is 2. The van der Waals surface area contributed by atoms with Crippen molar-refractivity contribution in [1.29, 1.82) is 5.26 Å². The lowest BCUT2D eigenvalue weighted by atomic mass is 10.1. The van der Waals surface area contributed by atoms with Crippen LogP contribution in [0.4, 0.5) is 10.8 Å². The molecule has 3 rings (SSSR count). The highest BCUT2D eigenvalue weighted by Gasteiger charge is 2.18. The zero-order valence-electron chi connectivity index (χ0n) is 13.1. The molecular weight excluding hydrogens is 364 g/mol. The highest BCUT2D eigenvalue weighted by Crippen LogP contribution is 2.24. The van der Waals surface area contributed by atoms with E-state index < -0.39 is 0 Å². The Morgan fingerprint density at radius 3 is 2.62 bits per heavy atom. The molecule has 1 saturated heterocycles. The number of nitriles is 1. The summed E-state index contributed by atoms with van der Waals surface area (Å²) in [6, 6.07) is 10.1. The van der Waals surface area contributed by atoms with E-state index in [0.717, 1.165) is 54.1 Å². The number of thioether (sulfide) groups is 1. The third-order valence-corrected chi connectivity index (χ3v) is 5.66. The number of hydrogen-bond donors (Lipinski definition) is 1. The quantitative estimate of drug-likeness (QED) is 0.794. The number of nitrogen functional groups attached to an aromatic ring is 1. The molecule has 0 amide bonds. The van der Waals surface area contributed by atoms with Gasteiger partial charge in [-0.2, -0.15) is 5.26 Å². The number of anilines is 2. The first-order valence-electron chi connectivity index (χ1n) is 7.44. The van der Waals surface area contributed by atoms with E-state index in [1.165, 1.54) is 11.3 Å². The number of halogens is 1. The molecule has 2 N–H and O–H groups in total. The molecule has 1 aliphatic heterocycles. The fraction of sp³-hybridized carbons (Fsp3) is 0.400. The van der Waals surface area contributed by atoms with Gasteiger partial charge >= 0.3 is 0 Å². The maximum absolute atomic E-state index is 9.22. The summed E-state index contributed by atoms with van der Waals surface area (Å²) in [6.07, 6.45) is 0. The smallest absolute Gasteiger partial charge is 0.203 e. The van der Waals surface area contributed by atoms with Gasteiger partial charge in [0, 0.05) is 38.5 Å². The van der Waals surface area contributed by atoms with E-state index in [0.29, 0.717) is 5.13 Å². The van der Waals surface area contributed by atoms with Gasteiger partial charge in [0.1, 0.15) is 6.07 Å². The average molecular weight is 383 g/mol. The highest BCUT2D eigenvalue weighted by atomic mass is 35.5. The van der Waals surface area contributed by atoms with Crippen LogP contribution in [0, 0.1) is 11.3 Å². The Labute approximate surface area is 156 Å². The van der Waals surface area contributed by atoms with Crippen LogP contribution in [0.5, 0.6) is 0 Å². The summed E-state index contributed by atoms with van der Waals surface area (Å²) in [6.45, 7) is 4.96. The summed E-state index contributed by atoms with van der Waals surface area (Å²) in [4.78, 5) is 4.75. The largest absolute Gasteiger partial charge is 0.374 e. The molecule has 6 nitrogen and oxygen atoms in total. The van der Waals surface area contributed by atoms with E-state index >= 15 is 0 Å². The van der Waals surface area contributed by atoms with Crippen LogP contribution in [0.15, 0.2) is 28.6 Å². The average Bonchev–Trinajstić information content (AvgIpc) is 3.01. The lowest BCUT2D eigenvalue weighted by Crippen LogP contribution is -2.47. The summed E-state index contributed by atoms with van der Waals surface area (Å²) in [5.74, 6) is 0.989. The van der Waals surface area contributed by atoms with E-state index in [-0.39, 0.29) is 12.4 Å². The second-order valence-corrected chi connectivity index (χ2v) is 7.56. The summed E-state index contributed by atoms with van der Waals surface area (Å²) in [7, 11) is 0. The van der Waals surface area contributed by atoms with Crippen molar-refractivity contribution in [2.75, 3.05) is 49.1 Å². The molecule has 24 heavy (non-hydrogen) atoms. The first-order valence-corrected chi connectivity index (χ1v) is 9.24. The molecule has 9 heteroatoms. The van der Waals surface area contributed by atoms with Gasteiger partial charge in [-0.05, 0) is 12.1 Å². The third kappa shape index (κ3) is 4.74. The second kappa shape index (κ2) is 9.08. The SMILES string of the molecule is Cl.N#Cc1ccccc1N1CCN(CCSc2nnc(N)s2)CC1. The lowest BCUT2D eigenvalue weighted by molar-refractivity contribution is 0.273. The number of hydrogen-bond acceptors (Lipinski definition) is 8. The Kier molecular flexibility index (Phi) is 7.12. The lowest BCUT2D eigenvalue weighted by Gasteiger charge is -2.36. The fourth-order valence-electron chi connectivity index (χ4n) is 2.60. The van der Waals surface area contributed by atoms with Crippen molar-refractivity contribution in [3.8, 4) is 6.07 Å². The van der Waals surface area contributed by atoms with Crippen LogP contribution in [-0.2, 0) is 0 Å². The molecular formula is C15H19ClN6S2. The molecule has 1 aliphatic rings. The molecule has 0 aliphatic carbocycles. The van der Waals surface area contributed by atoms with Crippen molar-refractivity contribution in [1.82, 2.24) is 15.1 Å². The molecule has 2 aromatic rings. The van der Waals surface area contributed by atoms with Gasteiger partial charge in [0.2, 0.25) is 5.13 Å². The third-order valence-electron chi connectivity index (χ3n) is 3.79. The van der Waals surface area contributed by atoms with Crippen LogP contribution < -0.4 is 10.6 Å². The van der Waals surface area contributed by atoms with Crippen molar-refractivity contribution in [3.05, 3.63) is 29.8 Å². The number of nitrogens with zero attached hydrogens (tertiary/aromatic N) is 5. The normalized spacial score (nSPS) is 14.9. The van der Waals surface area contributed by atoms with Crippen LogP contribution in [0.3, 0.4) is 0 Å². The molecule has 1 fully saturated rings. The van der Waals surface area contributed by atoms with Crippen LogP contribution in [0.25, 0.3) is 0 Å². The van der Waals surface area contributed by atoms with Crippen LogP contribution in [0.1, 0.15) is 5.56 Å². The van der Waals surface area contributed by atoms with Gasteiger partial charge in [-0.15, -0.1) is 22.6 Å². The first kappa shape index (κ1) is 18.8. The first-order chi connectivity index (χ1) is 11.3. The van der Waals surface area contributed by atoms with Gasteiger partial charge in [0.05, 0.1) is 11.3 Å². The number of para-hydroxylation sites is 1. The predicted molar refractivity (Wildman–Crippen MR) is 102 cm³/mol. The van der Waals surface area contributed by atoms with Crippen molar-refractivity contribution in [2.45, 2.75) is 4.34 Å². The van der Waals surface area contributed by atoms with E-state index in [1.54, 1.807) is 11.8 Å². The molecule has 0 saturated carbocycles. The molecule has 0 spiro atoms. The van der Waals surface area contributed by atoms with Gasteiger partial charge in [-0.1, -0.05) is 35.2 Å². The number of piperazine rings is 1. The minimum atomic E-state index is 0. The van der Waals surface area contributed by atoms with E-state index in [2.05, 4.69) is 26.1 Å². The molecule has 128 valence electrons. The van der Waals surface area contributed by atoms with Crippen molar-refractivity contribution >= 4 is 46.3 Å². The topological polar surface area (TPSA) is 82.1 Å². The Hall–Kier alpha value is -1.53. The van der Waals surface area contributed by atoms with Gasteiger partial charge in [-0.25, -0.2) is 0 Å². The highest BCUT2D eigenvalue weighted by molar-refractivity contribution is 8.01. The molecule has 0 atom stereocenters. The number of nitrogens with two attached hydrogens (primary N) is 1. The van der Waals surface area contributed by atoms with Gasteiger partial charge in [0.25, 0.3) is 0 Å². The summed E-state index contributed by atoms with van der Waals surface area (Å²) >= 11 is 3.14. The Morgan fingerprint density at radius 2 is 1.96 bits per heavy atom.